The van der Waals surface area contributed by atoms with E-state index in [1.165, 1.54) is 6.21 Å². The fourth-order valence-electron chi connectivity index (χ4n) is 2.84. The highest BCUT2D eigenvalue weighted by Crippen LogP contribution is 2.19. The molecule has 0 atom stereocenters. The maximum Gasteiger partial charge on any atom is 0.265 e. The third-order valence-corrected chi connectivity index (χ3v) is 4.21. The largest absolute Gasteiger partial charge is 0.493 e. The number of morpholine rings is 1. The Kier molecular flexibility index (Phi) is 7.26. The Balaban J connectivity index is 1.45. The third-order valence-electron chi connectivity index (χ3n) is 4.21. The van der Waals surface area contributed by atoms with Crippen LogP contribution in [-0.4, -0.2) is 51.6 Å². The van der Waals surface area contributed by atoms with Crippen LogP contribution in [0.3, 0.4) is 0 Å². The number of carbonyl (C=O) groups is 1. The van der Waals surface area contributed by atoms with Crippen LogP contribution < -0.4 is 15.0 Å². The van der Waals surface area contributed by atoms with E-state index in [0.29, 0.717) is 6.61 Å². The van der Waals surface area contributed by atoms with E-state index in [1.54, 1.807) is 0 Å². The number of ether oxygens (including phenoxy) is 2. The fourth-order valence-corrected chi connectivity index (χ4v) is 2.84. The highest BCUT2D eigenvalue weighted by Gasteiger charge is 2.11. The Hall–Kier alpha value is -3.06. The van der Waals surface area contributed by atoms with E-state index in [9.17, 15) is 4.79 Å². The molecule has 148 valence electrons. The Bertz CT molecular complexity index is 786. The summed E-state index contributed by atoms with van der Waals surface area (Å²) in [4.78, 5) is 19.4. The SMILES string of the molecule is CCOc1ccccc1/C=N/OCC(=O)Nc1ccc(N2CCOCC2)cc1. The van der Waals surface area contributed by atoms with E-state index in [-0.39, 0.29) is 12.5 Å². The molecule has 2 aromatic rings. The lowest BCUT2D eigenvalue weighted by Gasteiger charge is -2.28. The topological polar surface area (TPSA) is 72.4 Å². The summed E-state index contributed by atoms with van der Waals surface area (Å²) in [6, 6.07) is 15.2. The second-order valence-corrected chi connectivity index (χ2v) is 6.17. The van der Waals surface area contributed by atoms with Crippen LogP contribution in [0.4, 0.5) is 11.4 Å². The molecule has 28 heavy (non-hydrogen) atoms. The summed E-state index contributed by atoms with van der Waals surface area (Å²) in [5.74, 6) is 0.455. The zero-order valence-electron chi connectivity index (χ0n) is 16.0. The van der Waals surface area contributed by atoms with Crippen molar-refractivity contribution in [1.29, 1.82) is 0 Å². The van der Waals surface area contributed by atoms with Crippen LogP contribution in [0.1, 0.15) is 12.5 Å². The number of hydrogen-bond donors (Lipinski definition) is 1. The van der Waals surface area contributed by atoms with Crippen LogP contribution in [0.5, 0.6) is 5.75 Å². The molecule has 7 nitrogen and oxygen atoms in total. The Morgan fingerprint density at radius 3 is 2.68 bits per heavy atom. The van der Waals surface area contributed by atoms with Crippen LogP contribution in [-0.2, 0) is 14.4 Å². The van der Waals surface area contributed by atoms with E-state index in [4.69, 9.17) is 14.3 Å². The van der Waals surface area contributed by atoms with Crippen LogP contribution in [0.15, 0.2) is 53.7 Å². The molecule has 0 aliphatic carbocycles. The number of para-hydroxylation sites is 1. The van der Waals surface area contributed by atoms with Crippen molar-refractivity contribution >= 4 is 23.5 Å². The Morgan fingerprint density at radius 2 is 1.93 bits per heavy atom. The first-order chi connectivity index (χ1) is 13.8. The summed E-state index contributed by atoms with van der Waals surface area (Å²) in [7, 11) is 0. The molecule has 7 heteroatoms. The van der Waals surface area contributed by atoms with Crippen molar-refractivity contribution in [1.82, 2.24) is 0 Å². The molecule has 1 N–H and O–H groups in total. The molecule has 0 unspecified atom stereocenters. The fraction of sp³-hybridized carbons (Fsp3) is 0.333. The van der Waals surface area contributed by atoms with Crippen LogP contribution in [0, 0.1) is 0 Å². The maximum absolute atomic E-state index is 12.0. The quantitative estimate of drug-likeness (QED) is 0.561. The average Bonchev–Trinajstić information content (AvgIpc) is 2.74. The van der Waals surface area contributed by atoms with Gasteiger partial charge in [0.2, 0.25) is 0 Å². The minimum absolute atomic E-state index is 0.168. The smallest absolute Gasteiger partial charge is 0.265 e. The van der Waals surface area contributed by atoms with Crippen molar-refractivity contribution < 1.29 is 19.1 Å². The van der Waals surface area contributed by atoms with Crippen LogP contribution >= 0.6 is 0 Å². The lowest BCUT2D eigenvalue weighted by Crippen LogP contribution is -2.36. The number of anilines is 2. The first kappa shape index (κ1) is 19.7. The Labute approximate surface area is 164 Å². The average molecular weight is 383 g/mol. The molecule has 1 aliphatic heterocycles. The van der Waals surface area contributed by atoms with E-state index in [2.05, 4.69) is 15.4 Å². The molecule has 0 aromatic heterocycles. The van der Waals surface area contributed by atoms with Gasteiger partial charge < -0.3 is 24.5 Å². The Morgan fingerprint density at radius 1 is 1.18 bits per heavy atom. The van der Waals surface area contributed by atoms with Crippen LogP contribution in [0.2, 0.25) is 0 Å². The van der Waals surface area contributed by atoms with Crippen LogP contribution in [0.25, 0.3) is 0 Å². The summed E-state index contributed by atoms with van der Waals surface area (Å²) in [5, 5.41) is 6.65. The molecule has 1 saturated heterocycles. The van der Waals surface area contributed by atoms with Gasteiger partial charge in [-0.15, -0.1) is 0 Å². The van der Waals surface area contributed by atoms with Crippen molar-refractivity contribution in [2.75, 3.05) is 49.7 Å². The number of nitrogens with zero attached hydrogens (tertiary/aromatic N) is 2. The second-order valence-electron chi connectivity index (χ2n) is 6.17. The van der Waals surface area contributed by atoms with Gasteiger partial charge >= 0.3 is 0 Å². The first-order valence-corrected chi connectivity index (χ1v) is 9.36. The third kappa shape index (κ3) is 5.72. The molecule has 2 aromatic carbocycles. The zero-order chi connectivity index (χ0) is 19.6. The van der Waals surface area contributed by atoms with Gasteiger partial charge in [0.1, 0.15) is 5.75 Å². The molecule has 0 saturated carbocycles. The van der Waals surface area contributed by atoms with Gasteiger partial charge in [0.25, 0.3) is 5.91 Å². The molecule has 0 bridgehead atoms. The highest BCUT2D eigenvalue weighted by atomic mass is 16.6. The molecule has 1 fully saturated rings. The van der Waals surface area contributed by atoms with Gasteiger partial charge in [0, 0.05) is 30.0 Å². The van der Waals surface area contributed by atoms with E-state index < -0.39 is 0 Å². The first-order valence-electron chi connectivity index (χ1n) is 9.36. The van der Waals surface area contributed by atoms with Gasteiger partial charge in [-0.2, -0.15) is 0 Å². The van der Waals surface area contributed by atoms with Crippen molar-refractivity contribution in [3.05, 3.63) is 54.1 Å². The summed E-state index contributed by atoms with van der Waals surface area (Å²) < 4.78 is 10.9. The highest BCUT2D eigenvalue weighted by molar-refractivity contribution is 5.92. The summed E-state index contributed by atoms with van der Waals surface area (Å²) in [5.41, 5.74) is 2.63. The minimum atomic E-state index is -0.269. The van der Waals surface area contributed by atoms with E-state index in [0.717, 1.165) is 49.0 Å². The maximum atomic E-state index is 12.0. The standard InChI is InChI=1S/C21H25N3O4/c1-2-27-20-6-4-3-5-17(20)15-22-28-16-21(25)23-18-7-9-19(10-8-18)24-11-13-26-14-12-24/h3-10,15H,2,11-14,16H2,1H3,(H,23,25)/b22-15+. The monoisotopic (exact) mass is 383 g/mol. The number of rotatable bonds is 8. The minimum Gasteiger partial charge on any atom is -0.493 e. The predicted octanol–water partition coefficient (Wildman–Crippen LogP) is 2.91. The van der Waals surface area contributed by atoms with Crippen molar-refractivity contribution in [3.63, 3.8) is 0 Å². The van der Waals surface area contributed by atoms with Gasteiger partial charge in [-0.05, 0) is 43.3 Å². The number of hydrogen-bond acceptors (Lipinski definition) is 6. The summed E-state index contributed by atoms with van der Waals surface area (Å²) in [6.07, 6.45) is 1.54. The molecule has 1 aliphatic rings. The van der Waals surface area contributed by atoms with Crippen molar-refractivity contribution in [3.8, 4) is 5.75 Å². The van der Waals surface area contributed by atoms with Gasteiger partial charge in [0.05, 0.1) is 26.0 Å². The lowest BCUT2D eigenvalue weighted by molar-refractivity contribution is -0.120. The van der Waals surface area contributed by atoms with Crippen molar-refractivity contribution in [2.45, 2.75) is 6.92 Å². The summed E-state index contributed by atoms with van der Waals surface area (Å²) >= 11 is 0. The number of nitrogens with one attached hydrogen (secondary N) is 1. The number of carbonyl (C=O) groups excluding carboxylic acids is 1. The van der Waals surface area contributed by atoms with Gasteiger partial charge in [-0.1, -0.05) is 17.3 Å². The van der Waals surface area contributed by atoms with E-state index in [1.807, 2.05) is 55.5 Å². The van der Waals surface area contributed by atoms with Gasteiger partial charge in [0.15, 0.2) is 6.61 Å². The normalized spacial score (nSPS) is 14.1. The molecular formula is C21H25N3O4. The van der Waals surface area contributed by atoms with Gasteiger partial charge in [-0.25, -0.2) is 0 Å². The zero-order valence-corrected chi connectivity index (χ0v) is 16.0. The number of oxime groups is 1. The van der Waals surface area contributed by atoms with E-state index >= 15 is 0 Å². The molecule has 0 spiro atoms. The molecule has 3 rings (SSSR count). The molecular weight excluding hydrogens is 358 g/mol. The predicted molar refractivity (Wildman–Crippen MR) is 109 cm³/mol. The molecule has 1 amide bonds. The lowest BCUT2D eigenvalue weighted by atomic mass is 10.2. The second kappa shape index (κ2) is 10.3. The number of amides is 1. The van der Waals surface area contributed by atoms with Crippen molar-refractivity contribution in [2.24, 2.45) is 5.16 Å². The van der Waals surface area contributed by atoms with Gasteiger partial charge in [-0.3, -0.25) is 4.79 Å². The molecule has 0 radical (unpaired) electrons. The summed E-state index contributed by atoms with van der Waals surface area (Å²) in [6.45, 7) is 5.56. The number of benzene rings is 2. The molecule has 1 heterocycles.